The maximum absolute atomic E-state index is 11.5. The Hall–Kier alpha value is -2.22. The van der Waals surface area contributed by atoms with Crippen LogP contribution in [0.25, 0.3) is 0 Å². The molecule has 0 saturated heterocycles. The molecule has 0 spiro atoms. The largest absolute Gasteiger partial charge is 0.478 e. The van der Waals surface area contributed by atoms with Crippen LogP contribution < -0.4 is 5.32 Å². The Labute approximate surface area is 85.9 Å². The number of furan rings is 1. The number of carbonyl (C=O) groups excluding carboxylic acids is 1. The number of hydrogen-bond acceptors (Lipinski definition) is 4. The number of nitrogens with zero attached hydrogens (tertiary/aromatic N) is 1. The molecule has 1 aliphatic rings. The Balaban J connectivity index is 2.10. The van der Waals surface area contributed by atoms with Crippen LogP contribution >= 0.6 is 0 Å². The summed E-state index contributed by atoms with van der Waals surface area (Å²) in [4.78, 5) is 11.5. The molecule has 1 aromatic rings. The van der Waals surface area contributed by atoms with Gasteiger partial charge in [-0.3, -0.25) is 10.1 Å². The zero-order valence-electron chi connectivity index (χ0n) is 7.82. The van der Waals surface area contributed by atoms with Gasteiger partial charge in [0.05, 0.1) is 18.4 Å². The van der Waals surface area contributed by atoms with E-state index in [1.54, 1.807) is 6.07 Å². The lowest BCUT2D eigenvalue weighted by molar-refractivity contribution is 0.0903. The van der Waals surface area contributed by atoms with Crippen LogP contribution in [0.1, 0.15) is 17.0 Å². The van der Waals surface area contributed by atoms with E-state index in [9.17, 15) is 4.79 Å². The van der Waals surface area contributed by atoms with Crippen molar-refractivity contribution in [2.24, 2.45) is 0 Å². The van der Waals surface area contributed by atoms with E-state index in [1.165, 1.54) is 12.3 Å². The van der Waals surface area contributed by atoms with Gasteiger partial charge in [-0.1, -0.05) is 0 Å². The van der Waals surface area contributed by atoms with E-state index in [1.807, 2.05) is 6.07 Å². The van der Waals surface area contributed by atoms with Gasteiger partial charge < -0.3 is 9.15 Å². The molecule has 5 heteroatoms. The van der Waals surface area contributed by atoms with Crippen LogP contribution in [0.2, 0.25) is 0 Å². The van der Waals surface area contributed by atoms with Crippen LogP contribution in [0.15, 0.2) is 34.3 Å². The molecule has 15 heavy (non-hydrogen) atoms. The summed E-state index contributed by atoms with van der Waals surface area (Å²) in [5.74, 6) is 0.0128. The molecule has 0 bridgehead atoms. The van der Waals surface area contributed by atoms with Crippen molar-refractivity contribution in [1.82, 2.24) is 5.32 Å². The van der Waals surface area contributed by atoms with Gasteiger partial charge in [0.1, 0.15) is 6.07 Å². The van der Waals surface area contributed by atoms with Gasteiger partial charge in [-0.2, -0.15) is 5.26 Å². The van der Waals surface area contributed by atoms with Crippen molar-refractivity contribution < 1.29 is 13.9 Å². The molecule has 1 amide bonds. The van der Waals surface area contributed by atoms with E-state index in [-0.39, 0.29) is 11.6 Å². The van der Waals surface area contributed by atoms with E-state index in [4.69, 9.17) is 14.4 Å². The highest BCUT2D eigenvalue weighted by Gasteiger charge is 2.19. The minimum atomic E-state index is -0.412. The quantitative estimate of drug-likeness (QED) is 0.784. The summed E-state index contributed by atoms with van der Waals surface area (Å²) in [6.07, 6.45) is 1.94. The summed E-state index contributed by atoms with van der Waals surface area (Å²) in [5, 5.41) is 11.2. The zero-order chi connectivity index (χ0) is 10.7. The average Bonchev–Trinajstić information content (AvgIpc) is 2.87. The molecule has 2 heterocycles. The van der Waals surface area contributed by atoms with E-state index >= 15 is 0 Å². The van der Waals surface area contributed by atoms with Crippen LogP contribution in [-0.4, -0.2) is 12.5 Å². The second kappa shape index (κ2) is 3.88. The fourth-order valence-corrected chi connectivity index (χ4v) is 1.25. The number of rotatable bonds is 2. The fraction of sp³-hybridized carbons (Fsp3) is 0.200. The molecule has 1 aromatic heterocycles. The topological polar surface area (TPSA) is 75.3 Å². The first kappa shape index (κ1) is 9.34. The summed E-state index contributed by atoms with van der Waals surface area (Å²) in [5.41, 5.74) is 0.454. The van der Waals surface area contributed by atoms with Crippen molar-refractivity contribution in [2.45, 2.75) is 6.42 Å². The smallest absolute Gasteiger partial charge is 0.293 e. The molecule has 0 saturated carbocycles. The highest BCUT2D eigenvalue weighted by atomic mass is 16.5. The van der Waals surface area contributed by atoms with E-state index in [2.05, 4.69) is 5.32 Å². The Bertz CT molecular complexity index is 440. The number of ether oxygens (including phenoxy) is 1. The summed E-state index contributed by atoms with van der Waals surface area (Å²) < 4.78 is 10.0. The summed E-state index contributed by atoms with van der Waals surface area (Å²) in [6.45, 7) is 0.427. The predicted molar refractivity (Wildman–Crippen MR) is 49.4 cm³/mol. The molecule has 0 atom stereocenters. The van der Waals surface area contributed by atoms with Gasteiger partial charge in [0.25, 0.3) is 5.91 Å². The van der Waals surface area contributed by atoms with Crippen LogP contribution in [0.3, 0.4) is 0 Å². The number of nitriles is 1. The highest BCUT2D eigenvalue weighted by Crippen LogP contribution is 2.16. The first-order chi connectivity index (χ1) is 7.31. The van der Waals surface area contributed by atoms with Crippen molar-refractivity contribution in [1.29, 1.82) is 5.26 Å². The van der Waals surface area contributed by atoms with Crippen molar-refractivity contribution >= 4 is 5.91 Å². The molecular weight excluding hydrogens is 196 g/mol. The van der Waals surface area contributed by atoms with Gasteiger partial charge in [0.2, 0.25) is 5.88 Å². The molecule has 0 radical (unpaired) electrons. The minimum Gasteiger partial charge on any atom is -0.478 e. The summed E-state index contributed by atoms with van der Waals surface area (Å²) >= 11 is 0. The Kier molecular flexibility index (Phi) is 2.42. The van der Waals surface area contributed by atoms with Crippen LogP contribution in [0, 0.1) is 11.3 Å². The summed E-state index contributed by atoms with van der Waals surface area (Å²) in [7, 11) is 0. The molecular formula is C10H8N2O3. The number of amides is 1. The zero-order valence-corrected chi connectivity index (χ0v) is 7.82. The molecule has 0 aromatic carbocycles. The lowest BCUT2D eigenvalue weighted by Gasteiger charge is -2.03. The Morgan fingerprint density at radius 1 is 1.60 bits per heavy atom. The molecule has 5 nitrogen and oxygen atoms in total. The van der Waals surface area contributed by atoms with Gasteiger partial charge >= 0.3 is 0 Å². The molecule has 1 aliphatic heterocycles. The highest BCUT2D eigenvalue weighted by molar-refractivity contribution is 5.92. The fourth-order valence-electron chi connectivity index (χ4n) is 1.25. The monoisotopic (exact) mass is 204 g/mol. The van der Waals surface area contributed by atoms with Gasteiger partial charge in [0.15, 0.2) is 5.76 Å². The maximum atomic E-state index is 11.5. The molecule has 76 valence electrons. The standard InChI is InChI=1S/C10H8N2O3/c11-6-7-3-5-15-10(7)12-9(13)8-2-1-4-14-8/h1-2,4H,3,5H2,(H,12,13). The lowest BCUT2D eigenvalue weighted by atomic mass is 10.2. The summed E-state index contributed by atoms with van der Waals surface area (Å²) in [6, 6.07) is 5.13. The SMILES string of the molecule is N#CC1=C(NC(=O)c2ccco2)OCC1. The molecule has 0 aliphatic carbocycles. The second-order valence-corrected chi connectivity index (χ2v) is 2.95. The maximum Gasteiger partial charge on any atom is 0.293 e. The predicted octanol–water partition coefficient (Wildman–Crippen LogP) is 1.16. The van der Waals surface area contributed by atoms with Crippen LogP contribution in [0.4, 0.5) is 0 Å². The van der Waals surface area contributed by atoms with E-state index in [0.717, 1.165) is 0 Å². The lowest BCUT2D eigenvalue weighted by Crippen LogP contribution is -2.23. The third-order valence-corrected chi connectivity index (χ3v) is 1.98. The van der Waals surface area contributed by atoms with E-state index < -0.39 is 5.91 Å². The van der Waals surface area contributed by atoms with Crippen molar-refractivity contribution in [3.05, 3.63) is 35.6 Å². The van der Waals surface area contributed by atoms with Crippen molar-refractivity contribution in [3.8, 4) is 6.07 Å². The Morgan fingerprint density at radius 2 is 2.47 bits per heavy atom. The average molecular weight is 204 g/mol. The minimum absolute atomic E-state index is 0.190. The van der Waals surface area contributed by atoms with Gasteiger partial charge in [0, 0.05) is 6.42 Å². The number of carbonyl (C=O) groups is 1. The number of hydrogen-bond donors (Lipinski definition) is 1. The second-order valence-electron chi connectivity index (χ2n) is 2.95. The molecule has 0 fully saturated rings. The van der Waals surface area contributed by atoms with Crippen LogP contribution in [0.5, 0.6) is 0 Å². The molecule has 0 unspecified atom stereocenters. The first-order valence-corrected chi connectivity index (χ1v) is 4.42. The third kappa shape index (κ3) is 1.83. The number of nitrogens with one attached hydrogen (secondary N) is 1. The van der Waals surface area contributed by atoms with E-state index in [0.29, 0.717) is 18.6 Å². The molecule has 2 rings (SSSR count). The first-order valence-electron chi connectivity index (χ1n) is 4.42. The van der Waals surface area contributed by atoms with Gasteiger partial charge in [-0.15, -0.1) is 0 Å². The Morgan fingerprint density at radius 3 is 3.13 bits per heavy atom. The van der Waals surface area contributed by atoms with Crippen LogP contribution in [-0.2, 0) is 4.74 Å². The normalized spacial score (nSPS) is 14.6. The van der Waals surface area contributed by atoms with Crippen molar-refractivity contribution in [3.63, 3.8) is 0 Å². The third-order valence-electron chi connectivity index (χ3n) is 1.98. The molecule has 1 N–H and O–H groups in total. The van der Waals surface area contributed by atoms with Gasteiger partial charge in [-0.25, -0.2) is 0 Å². The van der Waals surface area contributed by atoms with Gasteiger partial charge in [-0.05, 0) is 12.1 Å². The van der Waals surface area contributed by atoms with Crippen molar-refractivity contribution in [2.75, 3.05) is 6.61 Å².